The first kappa shape index (κ1) is 11.3. The molecule has 1 heterocycles. The van der Waals surface area contributed by atoms with Gasteiger partial charge in [-0.2, -0.15) is 0 Å². The van der Waals surface area contributed by atoms with Crippen LogP contribution in [0.4, 0.5) is 5.69 Å². The lowest BCUT2D eigenvalue weighted by molar-refractivity contribution is 1.11. The third-order valence-corrected chi connectivity index (χ3v) is 3.62. The fraction of sp³-hybridized carbons (Fsp3) is 0.0833. The van der Waals surface area contributed by atoms with Crippen molar-refractivity contribution >= 4 is 29.1 Å². The second-order valence-electron chi connectivity index (χ2n) is 3.41. The van der Waals surface area contributed by atoms with Crippen molar-refractivity contribution in [2.75, 3.05) is 5.73 Å². The molecule has 0 bridgehead atoms. The number of halogens is 1. The van der Waals surface area contributed by atoms with Crippen molar-refractivity contribution in [3.05, 3.63) is 47.1 Å². The number of nitrogens with two attached hydrogens (primary N) is 1. The maximum Gasteiger partial charge on any atom is 0.103 e. The summed E-state index contributed by atoms with van der Waals surface area (Å²) in [4.78, 5) is 5.29. The topological polar surface area (TPSA) is 38.9 Å². The quantitative estimate of drug-likeness (QED) is 0.882. The number of hydrogen-bond donors (Lipinski definition) is 1. The molecule has 1 aromatic heterocycles. The number of hydrogen-bond acceptors (Lipinski definition) is 3. The molecule has 0 fully saturated rings. The van der Waals surface area contributed by atoms with E-state index in [-0.39, 0.29) is 0 Å². The molecule has 0 unspecified atom stereocenters. The standard InChI is InChI=1S/C12H11ClN2S/c1-8-7-15-12(6-10(8)14)16-11-5-3-2-4-9(11)13/h2-7H,1H3,(H2,14,15). The van der Waals surface area contributed by atoms with E-state index in [1.54, 1.807) is 6.20 Å². The van der Waals surface area contributed by atoms with Gasteiger partial charge in [0.05, 0.1) is 5.02 Å². The van der Waals surface area contributed by atoms with Gasteiger partial charge in [-0.15, -0.1) is 0 Å². The van der Waals surface area contributed by atoms with Gasteiger partial charge in [0.1, 0.15) is 5.03 Å². The third-order valence-electron chi connectivity index (χ3n) is 2.17. The van der Waals surface area contributed by atoms with Gasteiger partial charge in [-0.25, -0.2) is 4.98 Å². The van der Waals surface area contributed by atoms with E-state index >= 15 is 0 Å². The molecule has 2 rings (SSSR count). The Hall–Kier alpha value is -1.19. The van der Waals surface area contributed by atoms with E-state index in [0.717, 1.165) is 26.2 Å². The van der Waals surface area contributed by atoms with Crippen molar-refractivity contribution in [2.45, 2.75) is 16.8 Å². The van der Waals surface area contributed by atoms with Gasteiger partial charge in [-0.05, 0) is 30.7 Å². The number of aryl methyl sites for hydroxylation is 1. The van der Waals surface area contributed by atoms with Crippen LogP contribution in [0.5, 0.6) is 0 Å². The van der Waals surface area contributed by atoms with Crippen LogP contribution in [0, 0.1) is 6.92 Å². The Bertz CT molecular complexity index is 514. The summed E-state index contributed by atoms with van der Waals surface area (Å²) in [6.45, 7) is 1.94. The fourth-order valence-electron chi connectivity index (χ4n) is 1.22. The number of benzene rings is 1. The van der Waals surface area contributed by atoms with E-state index in [2.05, 4.69) is 4.98 Å². The summed E-state index contributed by atoms with van der Waals surface area (Å²) in [5.74, 6) is 0. The molecule has 2 nitrogen and oxygen atoms in total. The van der Waals surface area contributed by atoms with Crippen LogP contribution in [0.2, 0.25) is 5.02 Å². The summed E-state index contributed by atoms with van der Waals surface area (Å²) in [5, 5.41) is 1.59. The Morgan fingerprint density at radius 1 is 1.31 bits per heavy atom. The van der Waals surface area contributed by atoms with Crippen molar-refractivity contribution in [3.63, 3.8) is 0 Å². The number of anilines is 1. The highest BCUT2D eigenvalue weighted by Crippen LogP contribution is 2.32. The van der Waals surface area contributed by atoms with Crippen LogP contribution >= 0.6 is 23.4 Å². The van der Waals surface area contributed by atoms with Crippen molar-refractivity contribution in [1.29, 1.82) is 0 Å². The molecular formula is C12H11ClN2S. The van der Waals surface area contributed by atoms with Gasteiger partial charge in [-0.3, -0.25) is 0 Å². The SMILES string of the molecule is Cc1cnc(Sc2ccccc2Cl)cc1N. The molecule has 1 aromatic carbocycles. The molecule has 4 heteroatoms. The number of rotatable bonds is 2. The van der Waals surface area contributed by atoms with E-state index < -0.39 is 0 Å². The lowest BCUT2D eigenvalue weighted by atomic mass is 10.3. The predicted octanol–water partition coefficient (Wildman–Crippen LogP) is 3.78. The van der Waals surface area contributed by atoms with Gasteiger partial charge in [0, 0.05) is 16.8 Å². The largest absolute Gasteiger partial charge is 0.398 e. The smallest absolute Gasteiger partial charge is 0.103 e. The Kier molecular flexibility index (Phi) is 3.36. The first-order valence-electron chi connectivity index (χ1n) is 4.81. The van der Waals surface area contributed by atoms with Crippen molar-refractivity contribution in [1.82, 2.24) is 4.98 Å². The van der Waals surface area contributed by atoms with Crippen LogP contribution in [0.3, 0.4) is 0 Å². The minimum absolute atomic E-state index is 0.730. The normalized spacial score (nSPS) is 10.4. The molecule has 0 spiro atoms. The van der Waals surface area contributed by atoms with Gasteiger partial charge in [0.2, 0.25) is 0 Å². The zero-order valence-electron chi connectivity index (χ0n) is 8.77. The molecule has 2 N–H and O–H groups in total. The summed E-state index contributed by atoms with van der Waals surface area (Å²) >= 11 is 7.58. The van der Waals surface area contributed by atoms with Crippen molar-refractivity contribution in [3.8, 4) is 0 Å². The molecule has 0 radical (unpaired) electrons. The highest BCUT2D eigenvalue weighted by Gasteiger charge is 2.04. The monoisotopic (exact) mass is 250 g/mol. The Balaban J connectivity index is 2.28. The lowest BCUT2D eigenvalue weighted by Gasteiger charge is -2.05. The molecule has 0 aliphatic carbocycles. The molecule has 0 aliphatic heterocycles. The summed E-state index contributed by atoms with van der Waals surface area (Å²) in [7, 11) is 0. The minimum Gasteiger partial charge on any atom is -0.398 e. The average molecular weight is 251 g/mol. The van der Waals surface area contributed by atoms with Crippen LogP contribution in [0.15, 0.2) is 46.5 Å². The minimum atomic E-state index is 0.730. The zero-order chi connectivity index (χ0) is 11.5. The van der Waals surface area contributed by atoms with Crippen LogP contribution in [-0.4, -0.2) is 4.98 Å². The van der Waals surface area contributed by atoms with Gasteiger partial charge < -0.3 is 5.73 Å². The van der Waals surface area contributed by atoms with Crippen molar-refractivity contribution in [2.24, 2.45) is 0 Å². The van der Waals surface area contributed by atoms with E-state index in [4.69, 9.17) is 17.3 Å². The summed E-state index contributed by atoms with van der Waals surface area (Å²) in [6.07, 6.45) is 1.77. The first-order valence-corrected chi connectivity index (χ1v) is 6.01. The summed E-state index contributed by atoms with van der Waals surface area (Å²) in [6, 6.07) is 9.55. The molecule has 0 aliphatic rings. The second-order valence-corrected chi connectivity index (χ2v) is 4.88. The van der Waals surface area contributed by atoms with E-state index in [1.807, 2.05) is 37.3 Å². The van der Waals surface area contributed by atoms with Crippen molar-refractivity contribution < 1.29 is 0 Å². The van der Waals surface area contributed by atoms with Crippen LogP contribution in [-0.2, 0) is 0 Å². The highest BCUT2D eigenvalue weighted by molar-refractivity contribution is 7.99. The Labute approximate surface area is 104 Å². The first-order chi connectivity index (χ1) is 7.66. The van der Waals surface area contributed by atoms with E-state index in [0.29, 0.717) is 0 Å². The van der Waals surface area contributed by atoms with Gasteiger partial charge in [0.15, 0.2) is 0 Å². The molecule has 82 valence electrons. The maximum atomic E-state index is 6.07. The molecular weight excluding hydrogens is 240 g/mol. The fourth-order valence-corrected chi connectivity index (χ4v) is 2.30. The molecule has 2 aromatic rings. The Morgan fingerprint density at radius 3 is 2.75 bits per heavy atom. The Morgan fingerprint density at radius 2 is 2.06 bits per heavy atom. The summed E-state index contributed by atoms with van der Waals surface area (Å²) < 4.78 is 0. The number of aromatic nitrogens is 1. The zero-order valence-corrected chi connectivity index (χ0v) is 10.3. The highest BCUT2D eigenvalue weighted by atomic mass is 35.5. The lowest BCUT2D eigenvalue weighted by Crippen LogP contribution is -1.91. The maximum absolute atomic E-state index is 6.07. The van der Waals surface area contributed by atoms with Gasteiger partial charge in [0.25, 0.3) is 0 Å². The third kappa shape index (κ3) is 2.49. The van der Waals surface area contributed by atoms with E-state index in [1.165, 1.54) is 11.8 Å². The number of nitrogen functional groups attached to an aromatic ring is 1. The molecule has 0 amide bonds. The molecule has 16 heavy (non-hydrogen) atoms. The van der Waals surface area contributed by atoms with E-state index in [9.17, 15) is 0 Å². The molecule has 0 atom stereocenters. The average Bonchev–Trinajstić information content (AvgIpc) is 2.27. The molecule has 0 saturated carbocycles. The second kappa shape index (κ2) is 4.76. The van der Waals surface area contributed by atoms with Gasteiger partial charge in [-0.1, -0.05) is 35.5 Å². The number of nitrogens with zero attached hydrogens (tertiary/aromatic N) is 1. The van der Waals surface area contributed by atoms with Gasteiger partial charge >= 0.3 is 0 Å². The summed E-state index contributed by atoms with van der Waals surface area (Å²) in [5.41, 5.74) is 7.57. The number of pyridine rings is 1. The van der Waals surface area contributed by atoms with Crippen LogP contribution < -0.4 is 5.73 Å². The van der Waals surface area contributed by atoms with Crippen LogP contribution in [0.1, 0.15) is 5.56 Å². The molecule has 0 saturated heterocycles. The predicted molar refractivity (Wildman–Crippen MR) is 69.0 cm³/mol. The van der Waals surface area contributed by atoms with Crippen LogP contribution in [0.25, 0.3) is 0 Å².